The Balaban J connectivity index is 0.00000144. The van der Waals surface area contributed by atoms with Crippen molar-refractivity contribution in [1.29, 1.82) is 0 Å². The fourth-order valence-corrected chi connectivity index (χ4v) is 24.5. The number of hydrogen-bond donors (Lipinski definition) is 1. The van der Waals surface area contributed by atoms with Gasteiger partial charge in [-0.1, -0.05) is 171 Å². The number of unbranched alkanes of at least 4 members (excludes halogenated alkanes) is 20. The quantitative estimate of drug-likeness (QED) is 0.0235. The van der Waals surface area contributed by atoms with E-state index in [0.29, 0.717) is 19.8 Å². The van der Waals surface area contributed by atoms with E-state index in [9.17, 15) is 0 Å². The summed E-state index contributed by atoms with van der Waals surface area (Å²) < 4.78 is 28.3. The minimum atomic E-state index is -3.05. The van der Waals surface area contributed by atoms with Gasteiger partial charge in [-0.15, -0.1) is 90.7 Å². The van der Waals surface area contributed by atoms with Gasteiger partial charge in [-0.2, -0.15) is 0 Å². The standard InChI is InChI=1S/C70H96O3S8Si.C4H8O.2CH4.BHNS/c1-8-15-19-23-27-31-35-52-47-48-74-67(52)60-43-39-56(75-60)57-40-44-61(76-57)68-53(36-32-28-24-20-16-9-2)49-64(79-68)65-50-54(37-33-29-25-21-17-10-3)69(80-65)62-45-41-58(77-62)59-42-46-63(78-59)70-55(38-34-30-26-22-18-11-4)51-66(81-70)82(71-12-5,72-13-6)73-14-7;1-2-4-5-3-1;;;1-2-3/h39-51H,8-38H2,1-7H3;1-4H2;2*1H4;3H. The van der Waals surface area contributed by atoms with Crippen LogP contribution < -0.4 is 4.50 Å². The monoisotopic (exact) mass is 1430 g/mol. The Kier molecular flexibility index (Phi) is 40.5. The van der Waals surface area contributed by atoms with Crippen LogP contribution in [-0.2, 0) is 43.7 Å². The average molecular weight is 1430 g/mol. The molecule has 0 amide bonds. The number of ether oxygens (including phenoxy) is 1. The van der Waals surface area contributed by atoms with Gasteiger partial charge in [0, 0.05) is 101 Å². The number of rotatable bonds is 42. The molecule has 1 radical (unpaired) electrons. The van der Waals surface area contributed by atoms with Gasteiger partial charge in [-0.25, -0.2) is 0 Å². The van der Waals surface area contributed by atoms with Crippen LogP contribution in [0.2, 0.25) is 0 Å². The van der Waals surface area contributed by atoms with E-state index in [1.165, 1.54) is 258 Å². The first-order chi connectivity index (χ1) is 44.3. The third kappa shape index (κ3) is 25.0. The van der Waals surface area contributed by atoms with Crippen LogP contribution in [0.15, 0.2) is 82.5 Å². The molecule has 0 spiro atoms. The van der Waals surface area contributed by atoms with Crippen molar-refractivity contribution in [2.75, 3.05) is 33.0 Å². The van der Waals surface area contributed by atoms with Gasteiger partial charge in [-0.05, 0) is 185 Å². The van der Waals surface area contributed by atoms with E-state index < -0.39 is 8.80 Å². The molecule has 0 bridgehead atoms. The summed E-state index contributed by atoms with van der Waals surface area (Å²) in [6.07, 6.45) is 38.7. The Bertz CT molecular complexity index is 3180. The summed E-state index contributed by atoms with van der Waals surface area (Å²) in [7, 11) is 1.29. The number of nitrogens with zero attached hydrogens (tertiary/aromatic N) is 1. The summed E-state index contributed by atoms with van der Waals surface area (Å²) in [5.41, 5.74) is 6.04. The summed E-state index contributed by atoms with van der Waals surface area (Å²) >= 11 is 19.0. The Labute approximate surface area is 599 Å². The molecule has 5 nitrogen and oxygen atoms in total. The molecule has 507 valence electrons. The van der Waals surface area contributed by atoms with Crippen LogP contribution in [0.3, 0.4) is 0 Å². The van der Waals surface area contributed by atoms with Gasteiger partial charge in [0.1, 0.15) is 0 Å². The van der Waals surface area contributed by atoms with Crippen LogP contribution >= 0.6 is 104 Å². The fourth-order valence-electron chi connectivity index (χ4n) is 11.8. The number of aryl methyl sites for hydroxylation is 4. The first kappa shape index (κ1) is 80.6. The fraction of sp³-hybridized carbons (Fsp3) is 0.579. The van der Waals surface area contributed by atoms with E-state index in [1.807, 2.05) is 79.4 Å². The van der Waals surface area contributed by atoms with Gasteiger partial charge >= 0.3 is 33.6 Å². The zero-order valence-corrected chi connectivity index (χ0v) is 64.1. The molecule has 0 aromatic carbocycles. The van der Waals surface area contributed by atoms with Gasteiger partial charge in [0.25, 0.3) is 0 Å². The summed E-state index contributed by atoms with van der Waals surface area (Å²) in [5.74, 6) is 0. The van der Waals surface area contributed by atoms with E-state index in [2.05, 4.69) is 163 Å². The Hall–Kier alpha value is -2.13. The van der Waals surface area contributed by atoms with Crippen LogP contribution in [0, 0.1) is 0 Å². The summed E-state index contributed by atoms with van der Waals surface area (Å²) in [6.45, 7) is 19.1. The predicted molar refractivity (Wildman–Crippen MR) is 427 cm³/mol. The molecule has 1 aliphatic rings. The zero-order chi connectivity index (χ0) is 63.6. The maximum atomic E-state index is 6.49. The Morgan fingerprint density at radius 2 is 0.685 bits per heavy atom. The number of thiophene rings is 8. The molecule has 0 unspecified atom stereocenters. The summed E-state index contributed by atoms with van der Waals surface area (Å²) in [6, 6.07) is 29.2. The van der Waals surface area contributed by atoms with Gasteiger partial charge in [-0.3, -0.25) is 0 Å². The van der Waals surface area contributed by atoms with Crippen molar-refractivity contribution >= 4 is 124 Å². The Morgan fingerprint density at radius 1 is 0.380 bits per heavy atom. The second-order valence-corrected chi connectivity index (χ2v) is 35.2. The van der Waals surface area contributed by atoms with Crippen molar-refractivity contribution in [3.8, 4) is 68.3 Å². The van der Waals surface area contributed by atoms with Gasteiger partial charge in [0.2, 0.25) is 0 Å². The van der Waals surface area contributed by atoms with Crippen LogP contribution in [0.25, 0.3) is 68.3 Å². The molecule has 1 fully saturated rings. The average Bonchev–Trinajstić information content (AvgIpc) is 1.64. The third-order valence-electron chi connectivity index (χ3n) is 16.6. The first-order valence-corrected chi connectivity index (χ1v) is 43.4. The zero-order valence-electron chi connectivity index (χ0n) is 55.6. The van der Waals surface area contributed by atoms with Crippen molar-refractivity contribution in [2.45, 2.75) is 256 Å². The molecule has 8 aromatic rings. The normalized spacial score (nSPS) is 12.2. The van der Waals surface area contributed by atoms with E-state index in [4.69, 9.17) is 18.0 Å². The molecule has 16 heteroatoms. The van der Waals surface area contributed by atoms with E-state index in [1.54, 1.807) is 5.56 Å². The second-order valence-electron chi connectivity index (χ2n) is 23.7. The van der Waals surface area contributed by atoms with Crippen LogP contribution in [0.1, 0.15) is 253 Å². The van der Waals surface area contributed by atoms with Gasteiger partial charge < -0.3 is 18.0 Å². The number of thiol groups is 1. The van der Waals surface area contributed by atoms with Crippen LogP contribution in [0.4, 0.5) is 0 Å². The third-order valence-corrected chi connectivity index (χ3v) is 30.3. The topological polar surface area (TPSA) is 49.3 Å². The first-order valence-electron chi connectivity index (χ1n) is 34.7. The van der Waals surface area contributed by atoms with Crippen molar-refractivity contribution in [3.05, 3.63) is 100 Å². The van der Waals surface area contributed by atoms with E-state index >= 15 is 0 Å². The van der Waals surface area contributed by atoms with Crippen molar-refractivity contribution in [2.24, 2.45) is 4.30 Å². The molecular formula is C76H113BNO4S9Si. The maximum absolute atomic E-state index is 6.49. The molecule has 0 aliphatic carbocycles. The number of hydrogen-bond acceptors (Lipinski definition) is 14. The summed E-state index contributed by atoms with van der Waals surface area (Å²) in [4.78, 5) is 19.8. The van der Waals surface area contributed by atoms with Gasteiger partial charge in [0.05, 0.1) is 4.50 Å². The van der Waals surface area contributed by atoms with Crippen molar-refractivity contribution in [3.63, 3.8) is 0 Å². The second kappa shape index (κ2) is 46.2. The minimum absolute atomic E-state index is 0. The van der Waals surface area contributed by atoms with E-state index in [-0.39, 0.29) is 14.9 Å². The predicted octanol–water partition coefficient (Wildman–Crippen LogP) is 28.0. The van der Waals surface area contributed by atoms with Crippen molar-refractivity contribution in [1.82, 2.24) is 0 Å². The molecule has 0 atom stereocenters. The Morgan fingerprint density at radius 3 is 1.02 bits per heavy atom. The molecule has 1 saturated heterocycles. The molecule has 0 saturated carbocycles. The van der Waals surface area contributed by atoms with E-state index in [0.717, 1.165) is 37.0 Å². The molecule has 0 N–H and O–H groups in total. The molecule has 1 aliphatic heterocycles. The van der Waals surface area contributed by atoms with Crippen LogP contribution in [0.5, 0.6) is 0 Å². The molecule has 9 heterocycles. The van der Waals surface area contributed by atoms with Crippen LogP contribution in [-0.4, -0.2) is 49.5 Å². The molecular weight excluding hydrogens is 1320 g/mol. The van der Waals surface area contributed by atoms with Gasteiger partial charge in [0.15, 0.2) is 0 Å². The SMILES string of the molecule is C.C.C1CCOC1.CCCCCCCCc1ccsc1-c1ccc(-c2ccc(-c3sc(-c4cc(CCCCCCCC)c(-c5ccc(-c6ccc(-c7sc([Si](OCC)(OCC)OCC)cc7CCCCCCCC)s6)s5)s4)cc3CCCCCCCC)s2)s1.[B]=NS. The molecule has 92 heavy (non-hydrogen) atoms. The molecule has 9 rings (SSSR count). The van der Waals surface area contributed by atoms with Crippen molar-refractivity contribution < 1.29 is 18.0 Å². The summed E-state index contributed by atoms with van der Waals surface area (Å²) in [5, 5.41) is 2.31. The molecule has 8 aromatic heterocycles.